The lowest BCUT2D eigenvalue weighted by Gasteiger charge is -1.98. The van der Waals surface area contributed by atoms with E-state index in [1.165, 1.54) is 6.34 Å². The summed E-state index contributed by atoms with van der Waals surface area (Å²) >= 11 is 3.10. The van der Waals surface area contributed by atoms with Gasteiger partial charge in [-0.05, 0) is 15.9 Å². The van der Waals surface area contributed by atoms with Crippen LogP contribution in [-0.2, 0) is 4.79 Å². The van der Waals surface area contributed by atoms with Crippen molar-refractivity contribution in [2.45, 2.75) is 0 Å². The highest BCUT2D eigenvalue weighted by Gasteiger charge is 2.27. The van der Waals surface area contributed by atoms with Crippen molar-refractivity contribution in [1.29, 1.82) is 0 Å². The first-order valence-electron chi connectivity index (χ1n) is 2.75. The van der Waals surface area contributed by atoms with Crippen molar-refractivity contribution in [3.8, 4) is 0 Å². The van der Waals surface area contributed by atoms with Crippen LogP contribution in [0.4, 0.5) is 0 Å². The van der Waals surface area contributed by atoms with Gasteiger partial charge in [-0.3, -0.25) is 4.79 Å². The highest BCUT2D eigenvalue weighted by atomic mass is 79.9. The van der Waals surface area contributed by atoms with Gasteiger partial charge < -0.3 is 0 Å². The fraction of sp³-hybridized carbons (Fsp3) is 0. The number of halogens is 1. The minimum Gasteiger partial charge on any atom is -0.265 e. The maximum Gasteiger partial charge on any atom is 0.301 e. The molecule has 2 aliphatic heterocycles. The average Bonchev–Trinajstić information content (AvgIpc) is 2.35. The minimum atomic E-state index is -0.395. The number of rotatable bonds is 0. The van der Waals surface area contributed by atoms with Gasteiger partial charge >= 0.3 is 5.91 Å². The average molecular weight is 213 g/mol. The fourth-order valence-corrected chi connectivity index (χ4v) is 1.11. The van der Waals surface area contributed by atoms with Gasteiger partial charge in [0.2, 0.25) is 0 Å². The number of carbonyl (C=O) groups is 1. The molecule has 6 heteroatoms. The molecule has 2 heterocycles. The van der Waals surface area contributed by atoms with Crippen molar-refractivity contribution in [3.63, 3.8) is 0 Å². The number of carbonyl (C=O) groups excluding carboxylic acids is 1. The van der Waals surface area contributed by atoms with Crippen molar-refractivity contribution in [2.24, 2.45) is 20.2 Å². The smallest absolute Gasteiger partial charge is 0.265 e. The maximum absolute atomic E-state index is 10.9. The Bertz CT molecular complexity index is 351. The Kier molecular flexibility index (Phi) is 1.28. The van der Waals surface area contributed by atoms with Gasteiger partial charge in [0.25, 0.3) is 0 Å². The first-order chi connectivity index (χ1) is 5.29. The van der Waals surface area contributed by atoms with E-state index in [0.717, 1.165) is 0 Å². The summed E-state index contributed by atoms with van der Waals surface area (Å²) in [5, 5.41) is 7.20. The fourth-order valence-electron chi connectivity index (χ4n) is 0.745. The van der Waals surface area contributed by atoms with Crippen molar-refractivity contribution < 1.29 is 4.79 Å². The molecule has 0 aromatic heterocycles. The molecule has 0 unspecified atom stereocenters. The van der Waals surface area contributed by atoms with Crippen LogP contribution in [0.5, 0.6) is 0 Å². The summed E-state index contributed by atoms with van der Waals surface area (Å²) < 4.78 is 0.479. The first kappa shape index (κ1) is 6.53. The van der Waals surface area contributed by atoms with Crippen LogP contribution >= 0.6 is 15.9 Å². The maximum atomic E-state index is 10.9. The topological polar surface area (TPSA) is 66.5 Å². The quantitative estimate of drug-likeness (QED) is 0.565. The van der Waals surface area contributed by atoms with Crippen LogP contribution in [0.25, 0.3) is 0 Å². The van der Waals surface area contributed by atoms with Gasteiger partial charge in [-0.25, -0.2) is 4.99 Å². The van der Waals surface area contributed by atoms with Crippen LogP contribution in [0.2, 0.25) is 0 Å². The summed E-state index contributed by atoms with van der Waals surface area (Å²) in [6.45, 7) is 0. The normalized spacial score (nSPS) is 20.8. The molecule has 0 atom stereocenters. The van der Waals surface area contributed by atoms with E-state index in [1.807, 2.05) is 0 Å². The number of aliphatic imine (C=N–C) groups is 2. The predicted octanol–water partition coefficient (Wildman–Crippen LogP) is 0.159. The van der Waals surface area contributed by atoms with E-state index in [9.17, 15) is 4.79 Å². The molecular formula is C5HBrN4O. The number of nitrogens with zero attached hydrogens (tertiary/aromatic N) is 4. The van der Waals surface area contributed by atoms with Gasteiger partial charge in [0.15, 0.2) is 10.3 Å². The molecular weight excluding hydrogens is 212 g/mol. The summed E-state index contributed by atoms with van der Waals surface area (Å²) in [6.07, 6.45) is 1.19. The molecule has 0 bridgehead atoms. The first-order valence-corrected chi connectivity index (χ1v) is 3.55. The van der Waals surface area contributed by atoms with Gasteiger partial charge in [-0.1, -0.05) is 0 Å². The van der Waals surface area contributed by atoms with Gasteiger partial charge in [0.1, 0.15) is 12.1 Å². The molecule has 0 saturated carbocycles. The van der Waals surface area contributed by atoms with Crippen molar-refractivity contribution in [2.75, 3.05) is 0 Å². The van der Waals surface area contributed by atoms with E-state index in [-0.39, 0.29) is 5.71 Å². The standard InChI is InChI=1S/C5HBrN4O/c6-4-2-3(9-10-4)5(11)8-1-7-2/h1H. The van der Waals surface area contributed by atoms with Gasteiger partial charge in [0.05, 0.1) is 0 Å². The molecule has 2 rings (SSSR count). The molecule has 0 spiro atoms. The lowest BCUT2D eigenvalue weighted by Crippen LogP contribution is -2.26. The Morgan fingerprint density at radius 3 is 2.82 bits per heavy atom. The van der Waals surface area contributed by atoms with E-state index < -0.39 is 5.91 Å². The van der Waals surface area contributed by atoms with Crippen molar-refractivity contribution in [3.05, 3.63) is 0 Å². The predicted molar refractivity (Wildman–Crippen MR) is 44.7 cm³/mol. The third-order valence-electron chi connectivity index (χ3n) is 1.22. The zero-order chi connectivity index (χ0) is 7.84. The zero-order valence-corrected chi connectivity index (χ0v) is 6.74. The Hall–Kier alpha value is -1.17. The molecule has 0 aliphatic carbocycles. The zero-order valence-electron chi connectivity index (χ0n) is 5.15. The summed E-state index contributed by atoms with van der Waals surface area (Å²) in [6, 6.07) is 0. The van der Waals surface area contributed by atoms with E-state index in [1.54, 1.807) is 0 Å². The molecule has 11 heavy (non-hydrogen) atoms. The minimum absolute atomic E-state index is 0.208. The van der Waals surface area contributed by atoms with Gasteiger partial charge in [-0.2, -0.15) is 4.99 Å². The summed E-state index contributed by atoms with van der Waals surface area (Å²) in [7, 11) is 0. The molecule has 0 aromatic rings. The Labute approximate surface area is 69.8 Å². The number of amides is 1. The number of hydrogen-bond acceptors (Lipinski definition) is 4. The lowest BCUT2D eigenvalue weighted by atomic mass is 10.2. The summed E-state index contributed by atoms with van der Waals surface area (Å²) in [5.41, 5.74) is 0.671. The van der Waals surface area contributed by atoms with Crippen molar-refractivity contribution in [1.82, 2.24) is 0 Å². The van der Waals surface area contributed by atoms with E-state index in [4.69, 9.17) is 0 Å². The highest BCUT2D eigenvalue weighted by molar-refractivity contribution is 9.19. The van der Waals surface area contributed by atoms with Crippen LogP contribution in [0.1, 0.15) is 0 Å². The monoisotopic (exact) mass is 212 g/mol. The summed E-state index contributed by atoms with van der Waals surface area (Å²) in [5.74, 6) is -0.395. The Morgan fingerprint density at radius 2 is 2.09 bits per heavy atom. The summed E-state index contributed by atoms with van der Waals surface area (Å²) in [4.78, 5) is 18.2. The number of fused-ring (bicyclic) bond motifs is 1. The third-order valence-corrected chi connectivity index (χ3v) is 1.76. The molecule has 0 saturated heterocycles. The molecule has 5 nitrogen and oxygen atoms in total. The molecule has 54 valence electrons. The molecule has 0 fully saturated rings. The molecule has 0 N–H and O–H groups in total. The Morgan fingerprint density at radius 1 is 1.27 bits per heavy atom. The molecule has 0 aromatic carbocycles. The molecule has 0 radical (unpaired) electrons. The van der Waals surface area contributed by atoms with Crippen LogP contribution in [0, 0.1) is 0 Å². The van der Waals surface area contributed by atoms with Crippen molar-refractivity contribution >= 4 is 44.2 Å². The largest absolute Gasteiger partial charge is 0.301 e. The molecule has 1 amide bonds. The van der Waals surface area contributed by atoms with Gasteiger partial charge in [0, 0.05) is 0 Å². The van der Waals surface area contributed by atoms with Crippen LogP contribution in [0.15, 0.2) is 20.2 Å². The lowest BCUT2D eigenvalue weighted by molar-refractivity contribution is -0.111. The van der Waals surface area contributed by atoms with Crippen LogP contribution < -0.4 is 0 Å². The van der Waals surface area contributed by atoms with Crippen LogP contribution in [0.3, 0.4) is 0 Å². The van der Waals surface area contributed by atoms with E-state index in [0.29, 0.717) is 10.3 Å². The SMILES string of the molecule is O=C1N=CN=C2C(Br)=NN=C12. The molecule has 2 aliphatic rings. The second-order valence-corrected chi connectivity index (χ2v) is 2.62. The Balaban J connectivity index is 2.53. The van der Waals surface area contributed by atoms with Gasteiger partial charge in [-0.15, -0.1) is 10.2 Å². The second-order valence-electron chi connectivity index (χ2n) is 1.87. The second kappa shape index (κ2) is 2.16. The third kappa shape index (κ3) is 0.864. The van der Waals surface area contributed by atoms with Crippen LogP contribution in [-0.4, -0.2) is 28.3 Å². The highest BCUT2D eigenvalue weighted by Crippen LogP contribution is 2.08. The van der Waals surface area contributed by atoms with E-state index >= 15 is 0 Å². The van der Waals surface area contributed by atoms with E-state index in [2.05, 4.69) is 36.1 Å². The number of hydrogen-bond donors (Lipinski definition) is 0.